The quantitative estimate of drug-likeness (QED) is 0.628. The molecule has 0 radical (unpaired) electrons. The van der Waals surface area contributed by atoms with Crippen LogP contribution in [0, 0.1) is 0 Å². The molecule has 0 spiro atoms. The van der Waals surface area contributed by atoms with Crippen molar-refractivity contribution < 1.29 is 13.0 Å². The summed E-state index contributed by atoms with van der Waals surface area (Å²) < 4.78 is 31.5. The van der Waals surface area contributed by atoms with E-state index in [2.05, 4.69) is 6.92 Å². The van der Waals surface area contributed by atoms with Gasteiger partial charge in [-0.05, 0) is 54.9 Å². The summed E-state index contributed by atoms with van der Waals surface area (Å²) in [5, 5.41) is 0. The van der Waals surface area contributed by atoms with Crippen molar-refractivity contribution in [1.82, 2.24) is 0 Å². The summed E-state index contributed by atoms with van der Waals surface area (Å²) in [6.45, 7) is 2.22. The maximum absolute atomic E-state index is 11.2. The lowest BCUT2D eigenvalue weighted by Crippen LogP contribution is -2.11. The highest BCUT2D eigenvalue weighted by molar-refractivity contribution is 7.85. The Morgan fingerprint density at radius 1 is 1.25 bits per heavy atom. The van der Waals surface area contributed by atoms with Crippen molar-refractivity contribution in [3.8, 4) is 0 Å². The van der Waals surface area contributed by atoms with Crippen molar-refractivity contribution in [1.29, 1.82) is 0 Å². The molecule has 1 atom stereocenters. The SMILES string of the molecule is CCCCCCC1CCCc2cc(S(=O)(=O)O)ccc21. The van der Waals surface area contributed by atoms with E-state index in [9.17, 15) is 8.42 Å². The second kappa shape index (κ2) is 6.72. The first kappa shape index (κ1) is 15.5. The van der Waals surface area contributed by atoms with Crippen LogP contribution in [-0.2, 0) is 16.5 Å². The van der Waals surface area contributed by atoms with Crippen LogP contribution in [-0.4, -0.2) is 13.0 Å². The Kier molecular flexibility index (Phi) is 5.22. The van der Waals surface area contributed by atoms with Crippen LogP contribution in [0.2, 0.25) is 0 Å². The van der Waals surface area contributed by atoms with Gasteiger partial charge in [0.15, 0.2) is 0 Å². The minimum atomic E-state index is -4.08. The van der Waals surface area contributed by atoms with Crippen molar-refractivity contribution >= 4 is 10.1 Å². The number of benzene rings is 1. The Labute approximate surface area is 122 Å². The molecule has 0 fully saturated rings. The summed E-state index contributed by atoms with van der Waals surface area (Å²) in [5.74, 6) is 0.561. The number of rotatable bonds is 6. The normalized spacial score (nSPS) is 18.8. The van der Waals surface area contributed by atoms with Gasteiger partial charge in [-0.15, -0.1) is 0 Å². The predicted molar refractivity (Wildman–Crippen MR) is 80.7 cm³/mol. The maximum Gasteiger partial charge on any atom is 0.294 e. The Bertz CT molecular complexity index is 549. The molecule has 112 valence electrons. The third kappa shape index (κ3) is 3.83. The van der Waals surface area contributed by atoms with Crippen LogP contribution in [0.15, 0.2) is 23.1 Å². The van der Waals surface area contributed by atoms with E-state index in [1.54, 1.807) is 12.1 Å². The molecule has 0 amide bonds. The number of unbranched alkanes of at least 4 members (excludes halogenated alkanes) is 3. The van der Waals surface area contributed by atoms with E-state index >= 15 is 0 Å². The number of fused-ring (bicyclic) bond motifs is 1. The average molecular weight is 296 g/mol. The van der Waals surface area contributed by atoms with Crippen molar-refractivity contribution in [2.24, 2.45) is 0 Å². The van der Waals surface area contributed by atoms with Gasteiger partial charge in [0.2, 0.25) is 0 Å². The number of hydrogen-bond donors (Lipinski definition) is 1. The fraction of sp³-hybridized carbons (Fsp3) is 0.625. The molecular weight excluding hydrogens is 272 g/mol. The predicted octanol–water partition coefficient (Wildman–Crippen LogP) is 4.32. The Balaban J connectivity index is 2.11. The molecule has 1 aliphatic carbocycles. The van der Waals surface area contributed by atoms with Gasteiger partial charge in [-0.25, -0.2) is 0 Å². The molecule has 3 nitrogen and oxygen atoms in total. The van der Waals surface area contributed by atoms with Crippen molar-refractivity contribution in [2.45, 2.75) is 69.1 Å². The second-order valence-electron chi connectivity index (χ2n) is 5.77. The van der Waals surface area contributed by atoms with Crippen LogP contribution in [0.4, 0.5) is 0 Å². The number of aryl methyl sites for hydroxylation is 1. The summed E-state index contributed by atoms with van der Waals surface area (Å²) in [7, 11) is -4.08. The molecule has 1 aliphatic rings. The molecule has 1 aromatic carbocycles. The third-order valence-corrected chi connectivity index (χ3v) is 5.11. The molecule has 0 bridgehead atoms. The van der Waals surface area contributed by atoms with Gasteiger partial charge in [0.05, 0.1) is 4.90 Å². The maximum atomic E-state index is 11.2. The molecule has 0 saturated carbocycles. The van der Waals surface area contributed by atoms with Crippen LogP contribution in [0.1, 0.15) is 68.9 Å². The highest BCUT2D eigenvalue weighted by Gasteiger charge is 2.21. The lowest BCUT2D eigenvalue weighted by molar-refractivity contribution is 0.479. The molecule has 0 saturated heterocycles. The molecule has 0 aromatic heterocycles. The van der Waals surface area contributed by atoms with E-state index in [1.807, 2.05) is 6.07 Å². The highest BCUT2D eigenvalue weighted by atomic mass is 32.2. The molecule has 1 unspecified atom stereocenters. The smallest absolute Gasteiger partial charge is 0.282 e. The van der Waals surface area contributed by atoms with Crippen LogP contribution < -0.4 is 0 Å². The average Bonchev–Trinajstić information content (AvgIpc) is 2.42. The lowest BCUT2D eigenvalue weighted by Gasteiger charge is -2.26. The minimum absolute atomic E-state index is 0.0304. The summed E-state index contributed by atoms with van der Waals surface area (Å²) in [4.78, 5) is 0.0304. The fourth-order valence-corrected chi connectivity index (χ4v) is 3.70. The third-order valence-electron chi connectivity index (χ3n) is 4.26. The van der Waals surface area contributed by atoms with E-state index in [-0.39, 0.29) is 4.90 Å². The molecule has 4 heteroatoms. The Morgan fingerprint density at radius 2 is 2.05 bits per heavy atom. The Morgan fingerprint density at radius 3 is 2.75 bits per heavy atom. The summed E-state index contributed by atoms with van der Waals surface area (Å²) in [6.07, 6.45) is 9.50. The Hall–Kier alpha value is -0.870. The monoisotopic (exact) mass is 296 g/mol. The first-order valence-electron chi connectivity index (χ1n) is 7.62. The van der Waals surface area contributed by atoms with Gasteiger partial charge < -0.3 is 0 Å². The largest absolute Gasteiger partial charge is 0.294 e. The van der Waals surface area contributed by atoms with Crippen molar-refractivity contribution in [3.05, 3.63) is 29.3 Å². The van der Waals surface area contributed by atoms with Crippen LogP contribution in [0.25, 0.3) is 0 Å². The zero-order chi connectivity index (χ0) is 14.6. The van der Waals surface area contributed by atoms with E-state index in [4.69, 9.17) is 4.55 Å². The van der Waals surface area contributed by atoms with Gasteiger partial charge in [0.1, 0.15) is 0 Å². The molecule has 0 heterocycles. The highest BCUT2D eigenvalue weighted by Crippen LogP contribution is 2.36. The molecule has 0 aliphatic heterocycles. The second-order valence-corrected chi connectivity index (χ2v) is 7.20. The van der Waals surface area contributed by atoms with Crippen LogP contribution in [0.5, 0.6) is 0 Å². The van der Waals surface area contributed by atoms with Crippen LogP contribution in [0.3, 0.4) is 0 Å². The summed E-state index contributed by atoms with van der Waals surface area (Å²) >= 11 is 0. The standard InChI is InChI=1S/C16H24O3S/c1-2-3-4-5-7-13-8-6-9-14-12-15(20(17,18)19)10-11-16(13)14/h10-13H,2-9H2,1H3,(H,17,18,19). The zero-order valence-corrected chi connectivity index (χ0v) is 13.0. The molecular formula is C16H24O3S. The van der Waals surface area contributed by atoms with Crippen molar-refractivity contribution in [2.75, 3.05) is 0 Å². The summed E-state index contributed by atoms with van der Waals surface area (Å²) in [6, 6.07) is 5.10. The lowest BCUT2D eigenvalue weighted by atomic mass is 9.80. The first-order chi connectivity index (χ1) is 9.52. The topological polar surface area (TPSA) is 54.4 Å². The first-order valence-corrected chi connectivity index (χ1v) is 9.06. The number of hydrogen-bond acceptors (Lipinski definition) is 2. The van der Waals surface area contributed by atoms with Crippen LogP contribution >= 0.6 is 0 Å². The van der Waals surface area contributed by atoms with E-state index in [1.165, 1.54) is 44.1 Å². The summed E-state index contributed by atoms with van der Waals surface area (Å²) in [5.41, 5.74) is 2.40. The van der Waals surface area contributed by atoms with E-state index in [0.717, 1.165) is 18.4 Å². The fourth-order valence-electron chi connectivity index (χ4n) is 3.17. The zero-order valence-electron chi connectivity index (χ0n) is 12.1. The van der Waals surface area contributed by atoms with E-state index in [0.29, 0.717) is 5.92 Å². The van der Waals surface area contributed by atoms with Gasteiger partial charge >= 0.3 is 0 Å². The molecule has 2 rings (SSSR count). The van der Waals surface area contributed by atoms with Gasteiger partial charge in [-0.3, -0.25) is 4.55 Å². The molecule has 20 heavy (non-hydrogen) atoms. The van der Waals surface area contributed by atoms with Gasteiger partial charge in [0.25, 0.3) is 10.1 Å². The molecule has 1 N–H and O–H groups in total. The van der Waals surface area contributed by atoms with Crippen molar-refractivity contribution in [3.63, 3.8) is 0 Å². The van der Waals surface area contributed by atoms with Gasteiger partial charge in [-0.2, -0.15) is 8.42 Å². The van der Waals surface area contributed by atoms with Gasteiger partial charge in [0, 0.05) is 0 Å². The molecule has 1 aromatic rings. The van der Waals surface area contributed by atoms with E-state index < -0.39 is 10.1 Å². The minimum Gasteiger partial charge on any atom is -0.282 e. The van der Waals surface area contributed by atoms with Gasteiger partial charge in [-0.1, -0.05) is 38.7 Å².